The number of allylic oxidation sites excluding steroid dienone is 3. The second-order valence-electron chi connectivity index (χ2n) is 5.97. The first kappa shape index (κ1) is 15.2. The Morgan fingerprint density at radius 1 is 0.480 bits per heavy atom. The monoisotopic (exact) mass is 323 g/mol. The molecule has 2 heteroatoms. The first-order valence-corrected chi connectivity index (χ1v) is 8.22. The number of nitrogens with two attached hydrogens (primary N) is 1. The van der Waals surface area contributed by atoms with Crippen molar-refractivity contribution in [3.63, 3.8) is 0 Å². The van der Waals surface area contributed by atoms with E-state index in [-0.39, 0.29) is 5.78 Å². The van der Waals surface area contributed by atoms with Gasteiger partial charge >= 0.3 is 0 Å². The summed E-state index contributed by atoms with van der Waals surface area (Å²) < 4.78 is 0. The molecule has 3 aromatic carbocycles. The third kappa shape index (κ3) is 2.58. The molecule has 25 heavy (non-hydrogen) atoms. The molecule has 0 radical (unpaired) electrons. The van der Waals surface area contributed by atoms with Crippen molar-refractivity contribution in [1.82, 2.24) is 0 Å². The lowest BCUT2D eigenvalue weighted by molar-refractivity contribution is -0.108. The maximum atomic E-state index is 13.3. The second kappa shape index (κ2) is 6.25. The van der Waals surface area contributed by atoms with Crippen molar-refractivity contribution >= 4 is 22.5 Å². The first-order chi connectivity index (χ1) is 12.3. The van der Waals surface area contributed by atoms with Crippen LogP contribution in [0.1, 0.15) is 16.7 Å². The van der Waals surface area contributed by atoms with Crippen LogP contribution in [-0.2, 0) is 4.79 Å². The third-order valence-electron chi connectivity index (χ3n) is 4.43. The molecule has 1 aliphatic rings. The zero-order chi connectivity index (χ0) is 17.2. The Morgan fingerprint density at radius 2 is 0.840 bits per heavy atom. The van der Waals surface area contributed by atoms with Crippen molar-refractivity contribution in [2.24, 2.45) is 5.73 Å². The summed E-state index contributed by atoms with van der Waals surface area (Å²) in [6, 6.07) is 29.2. The minimum absolute atomic E-state index is 0.0197. The highest BCUT2D eigenvalue weighted by atomic mass is 16.1. The molecule has 4 rings (SSSR count). The molecule has 120 valence electrons. The second-order valence-corrected chi connectivity index (χ2v) is 5.97. The topological polar surface area (TPSA) is 43.1 Å². The Balaban J connectivity index is 1.97. The van der Waals surface area contributed by atoms with Crippen molar-refractivity contribution < 1.29 is 4.79 Å². The summed E-state index contributed by atoms with van der Waals surface area (Å²) in [7, 11) is 0. The molecule has 1 aliphatic carbocycles. The fraction of sp³-hybridized carbons (Fsp3) is 0. The van der Waals surface area contributed by atoms with Crippen LogP contribution in [0, 0.1) is 0 Å². The van der Waals surface area contributed by atoms with Crippen molar-refractivity contribution in [3.05, 3.63) is 113 Å². The fourth-order valence-corrected chi connectivity index (χ4v) is 3.30. The SMILES string of the molecule is NC1=C(c2ccccc2)C(=O)C(c2ccccc2)=C1c1ccccc1. The van der Waals surface area contributed by atoms with Crippen molar-refractivity contribution in [1.29, 1.82) is 0 Å². The van der Waals surface area contributed by atoms with E-state index in [1.165, 1.54) is 0 Å². The number of benzene rings is 3. The maximum absolute atomic E-state index is 13.3. The predicted octanol–water partition coefficient (Wildman–Crippen LogP) is 4.55. The highest BCUT2D eigenvalue weighted by Crippen LogP contribution is 2.42. The summed E-state index contributed by atoms with van der Waals surface area (Å²) in [5.74, 6) is -0.0197. The summed E-state index contributed by atoms with van der Waals surface area (Å²) in [6.45, 7) is 0. The van der Waals surface area contributed by atoms with Crippen molar-refractivity contribution in [3.8, 4) is 0 Å². The van der Waals surface area contributed by atoms with Crippen LogP contribution in [0.4, 0.5) is 0 Å². The van der Waals surface area contributed by atoms with E-state index < -0.39 is 0 Å². The number of hydrogen-bond acceptors (Lipinski definition) is 2. The molecule has 0 unspecified atom stereocenters. The van der Waals surface area contributed by atoms with E-state index in [1.54, 1.807) is 0 Å². The van der Waals surface area contributed by atoms with Crippen molar-refractivity contribution in [2.75, 3.05) is 0 Å². The number of Topliss-reactive ketones (excluding diaryl/α,β-unsaturated/α-hetero) is 1. The number of carbonyl (C=O) groups is 1. The van der Waals surface area contributed by atoms with Gasteiger partial charge in [-0.05, 0) is 16.7 Å². The molecule has 3 aromatic rings. The van der Waals surface area contributed by atoms with Gasteiger partial charge in [-0.25, -0.2) is 0 Å². The Morgan fingerprint density at radius 3 is 1.28 bits per heavy atom. The summed E-state index contributed by atoms with van der Waals surface area (Å²) in [5, 5.41) is 0. The van der Waals surface area contributed by atoms with E-state index in [9.17, 15) is 4.79 Å². The molecular formula is C23H17NO. The summed E-state index contributed by atoms with van der Waals surface area (Å²) in [4.78, 5) is 13.3. The van der Waals surface area contributed by atoms with Gasteiger partial charge in [0, 0.05) is 11.1 Å². The molecule has 0 aliphatic heterocycles. The van der Waals surface area contributed by atoms with Crippen LogP contribution in [0.25, 0.3) is 16.7 Å². The molecule has 0 spiro atoms. The van der Waals surface area contributed by atoms with Gasteiger partial charge in [-0.2, -0.15) is 0 Å². The fourth-order valence-electron chi connectivity index (χ4n) is 3.30. The molecule has 0 amide bonds. The van der Waals surface area contributed by atoms with Crippen LogP contribution in [0.3, 0.4) is 0 Å². The minimum Gasteiger partial charge on any atom is -0.398 e. The van der Waals surface area contributed by atoms with E-state index in [0.717, 1.165) is 22.3 Å². The maximum Gasteiger partial charge on any atom is 0.197 e. The largest absolute Gasteiger partial charge is 0.398 e. The zero-order valence-electron chi connectivity index (χ0n) is 13.6. The lowest BCUT2D eigenvalue weighted by atomic mass is 9.94. The average molecular weight is 323 g/mol. The summed E-state index contributed by atoms with van der Waals surface area (Å²) in [6.07, 6.45) is 0. The highest BCUT2D eigenvalue weighted by Gasteiger charge is 2.33. The zero-order valence-corrected chi connectivity index (χ0v) is 13.6. The Labute approximate surface area is 146 Å². The molecular weight excluding hydrogens is 306 g/mol. The van der Waals surface area contributed by atoms with Crippen LogP contribution in [0.5, 0.6) is 0 Å². The number of rotatable bonds is 3. The van der Waals surface area contributed by atoms with Crippen LogP contribution >= 0.6 is 0 Å². The molecule has 0 saturated heterocycles. The van der Waals surface area contributed by atoms with Crippen LogP contribution in [-0.4, -0.2) is 5.78 Å². The Bertz CT molecular complexity index is 984. The molecule has 0 atom stereocenters. The van der Waals surface area contributed by atoms with Crippen LogP contribution < -0.4 is 5.73 Å². The molecule has 0 saturated carbocycles. The van der Waals surface area contributed by atoms with Gasteiger partial charge in [0.15, 0.2) is 5.78 Å². The summed E-state index contributed by atoms with van der Waals surface area (Å²) in [5.41, 5.74) is 11.8. The summed E-state index contributed by atoms with van der Waals surface area (Å²) >= 11 is 0. The van der Waals surface area contributed by atoms with E-state index >= 15 is 0 Å². The van der Waals surface area contributed by atoms with Gasteiger partial charge in [-0.3, -0.25) is 4.79 Å². The predicted molar refractivity (Wildman–Crippen MR) is 102 cm³/mol. The lowest BCUT2D eigenvalue weighted by Crippen LogP contribution is -2.03. The van der Waals surface area contributed by atoms with Gasteiger partial charge < -0.3 is 5.73 Å². The van der Waals surface area contributed by atoms with Crippen molar-refractivity contribution in [2.45, 2.75) is 0 Å². The van der Waals surface area contributed by atoms with Gasteiger partial charge in [0.1, 0.15) is 0 Å². The smallest absolute Gasteiger partial charge is 0.197 e. The number of ketones is 1. The minimum atomic E-state index is -0.0197. The third-order valence-corrected chi connectivity index (χ3v) is 4.43. The number of carbonyl (C=O) groups excluding carboxylic acids is 1. The molecule has 0 aromatic heterocycles. The Hall–Kier alpha value is -3.39. The first-order valence-electron chi connectivity index (χ1n) is 8.22. The van der Waals surface area contributed by atoms with Crippen LogP contribution in [0.2, 0.25) is 0 Å². The van der Waals surface area contributed by atoms with Gasteiger partial charge in [-0.1, -0.05) is 91.0 Å². The highest BCUT2D eigenvalue weighted by molar-refractivity contribution is 6.52. The average Bonchev–Trinajstić information content (AvgIpc) is 2.94. The van der Waals surface area contributed by atoms with E-state index in [4.69, 9.17) is 5.73 Å². The van der Waals surface area contributed by atoms with E-state index in [2.05, 4.69) is 0 Å². The Kier molecular flexibility index (Phi) is 3.79. The van der Waals surface area contributed by atoms with Gasteiger partial charge in [0.25, 0.3) is 0 Å². The number of hydrogen-bond donors (Lipinski definition) is 1. The molecule has 0 bridgehead atoms. The molecule has 0 fully saturated rings. The normalized spacial score (nSPS) is 14.3. The van der Waals surface area contributed by atoms with E-state index in [0.29, 0.717) is 16.8 Å². The standard InChI is InChI=1S/C23H17NO/c24-22-19(16-10-4-1-5-11-16)20(17-12-6-2-7-13-17)23(25)21(22)18-14-8-3-9-15-18/h1-15H,24H2. The van der Waals surface area contributed by atoms with Crippen LogP contribution in [0.15, 0.2) is 96.7 Å². The molecule has 2 nitrogen and oxygen atoms in total. The molecule has 2 N–H and O–H groups in total. The molecule has 0 heterocycles. The van der Waals surface area contributed by atoms with Gasteiger partial charge in [0.05, 0.1) is 11.3 Å². The lowest BCUT2D eigenvalue weighted by Gasteiger charge is -2.08. The van der Waals surface area contributed by atoms with Gasteiger partial charge in [-0.15, -0.1) is 0 Å². The van der Waals surface area contributed by atoms with E-state index in [1.807, 2.05) is 91.0 Å². The van der Waals surface area contributed by atoms with Gasteiger partial charge in [0.2, 0.25) is 0 Å². The quantitative estimate of drug-likeness (QED) is 0.768.